The molecule has 8 heteroatoms. The molecular weight excluding hydrogens is 377 g/mol. The van der Waals surface area contributed by atoms with Crippen LogP contribution in [0, 0.1) is 12.7 Å². The second kappa shape index (κ2) is 7.02. The first-order valence-corrected chi connectivity index (χ1v) is 9.51. The van der Waals surface area contributed by atoms with Gasteiger partial charge in [-0.25, -0.2) is 9.18 Å². The molecule has 3 heterocycles. The third-order valence-corrected chi connectivity index (χ3v) is 5.59. The molecule has 2 amide bonds. The van der Waals surface area contributed by atoms with Crippen molar-refractivity contribution in [1.82, 2.24) is 14.4 Å². The molecule has 2 aromatic rings. The summed E-state index contributed by atoms with van der Waals surface area (Å²) >= 11 is 0. The van der Waals surface area contributed by atoms with Crippen LogP contribution in [0.1, 0.15) is 28.8 Å². The van der Waals surface area contributed by atoms with Gasteiger partial charge in [-0.05, 0) is 55.7 Å². The maximum atomic E-state index is 13.3. The first kappa shape index (κ1) is 19.2. The third kappa shape index (κ3) is 3.39. The molecule has 0 bridgehead atoms. The average molecular weight is 399 g/mol. The van der Waals surface area contributed by atoms with E-state index in [-0.39, 0.29) is 18.0 Å². The van der Waals surface area contributed by atoms with Gasteiger partial charge in [0.1, 0.15) is 17.0 Å². The fourth-order valence-electron chi connectivity index (χ4n) is 4.13. The maximum absolute atomic E-state index is 13.3. The van der Waals surface area contributed by atoms with Crippen LogP contribution in [0.3, 0.4) is 0 Å². The maximum Gasteiger partial charge on any atom is 0.410 e. The number of hydrogen-bond donors (Lipinski definition) is 0. The van der Waals surface area contributed by atoms with Crippen LogP contribution < -0.4 is 5.56 Å². The number of hydrogen-bond acceptors (Lipinski definition) is 4. The number of benzene rings is 1. The summed E-state index contributed by atoms with van der Waals surface area (Å²) in [5.74, 6) is -0.784. The van der Waals surface area contributed by atoms with Gasteiger partial charge in [-0.15, -0.1) is 0 Å². The number of rotatable bonds is 2. The summed E-state index contributed by atoms with van der Waals surface area (Å²) in [5.41, 5.74) is -0.0583. The van der Waals surface area contributed by atoms with E-state index in [0.29, 0.717) is 37.2 Å². The molecule has 1 aromatic heterocycles. The van der Waals surface area contributed by atoms with Crippen LogP contribution in [-0.2, 0) is 4.74 Å². The highest BCUT2D eigenvalue weighted by atomic mass is 19.1. The fraction of sp³-hybridized carbons (Fsp3) is 0.381. The highest BCUT2D eigenvalue weighted by Crippen LogP contribution is 2.32. The van der Waals surface area contributed by atoms with E-state index in [4.69, 9.17) is 4.74 Å². The molecule has 0 saturated carbocycles. The molecule has 1 aromatic carbocycles. The van der Waals surface area contributed by atoms with Gasteiger partial charge in [0.25, 0.3) is 11.5 Å². The molecule has 2 aliphatic rings. The minimum Gasteiger partial charge on any atom is -0.439 e. The topological polar surface area (TPSA) is 71.9 Å². The minimum absolute atomic E-state index is 0.0755. The Hall–Kier alpha value is -3.16. The van der Waals surface area contributed by atoms with E-state index in [1.54, 1.807) is 31.1 Å². The second-order valence-corrected chi connectivity index (χ2v) is 7.76. The van der Waals surface area contributed by atoms with Crippen LogP contribution >= 0.6 is 0 Å². The summed E-state index contributed by atoms with van der Waals surface area (Å²) in [7, 11) is 1.67. The van der Waals surface area contributed by atoms with Crippen LogP contribution in [-0.4, -0.2) is 58.7 Å². The lowest BCUT2D eigenvalue weighted by Gasteiger charge is -2.38. The molecular formula is C21H22FN3O4. The van der Waals surface area contributed by atoms with Crippen molar-refractivity contribution in [2.75, 3.05) is 26.7 Å². The molecule has 152 valence electrons. The van der Waals surface area contributed by atoms with E-state index in [1.807, 2.05) is 0 Å². The molecule has 1 atom stereocenters. The zero-order valence-electron chi connectivity index (χ0n) is 16.4. The van der Waals surface area contributed by atoms with Gasteiger partial charge in [-0.2, -0.15) is 0 Å². The van der Waals surface area contributed by atoms with Crippen molar-refractivity contribution in [3.63, 3.8) is 0 Å². The highest BCUT2D eigenvalue weighted by molar-refractivity contribution is 5.95. The predicted molar refractivity (Wildman–Crippen MR) is 104 cm³/mol. The number of carbonyl (C=O) groups excluding carboxylic acids is 2. The van der Waals surface area contributed by atoms with Crippen LogP contribution in [0.15, 0.2) is 41.3 Å². The van der Waals surface area contributed by atoms with Crippen LogP contribution in [0.4, 0.5) is 9.18 Å². The first-order chi connectivity index (χ1) is 13.8. The van der Waals surface area contributed by atoms with Crippen LogP contribution in [0.5, 0.6) is 0 Å². The predicted octanol–water partition coefficient (Wildman–Crippen LogP) is 2.34. The zero-order valence-corrected chi connectivity index (χ0v) is 16.4. The average Bonchev–Trinajstić information content (AvgIpc) is 2.95. The lowest BCUT2D eigenvalue weighted by molar-refractivity contribution is -0.00531. The number of nitrogens with zero attached hydrogens (tertiary/aromatic N) is 3. The Morgan fingerprint density at radius 2 is 1.86 bits per heavy atom. The number of piperidine rings is 1. The van der Waals surface area contributed by atoms with Crippen molar-refractivity contribution in [2.45, 2.75) is 25.4 Å². The monoisotopic (exact) mass is 399 g/mol. The van der Waals surface area contributed by atoms with Gasteiger partial charge in [-0.1, -0.05) is 0 Å². The number of halogens is 1. The van der Waals surface area contributed by atoms with Crippen molar-refractivity contribution in [3.05, 3.63) is 63.8 Å². The number of amides is 2. The third-order valence-electron chi connectivity index (χ3n) is 5.59. The number of aromatic nitrogens is 1. The number of pyridine rings is 1. The minimum atomic E-state index is -0.724. The quantitative estimate of drug-likeness (QED) is 0.777. The van der Waals surface area contributed by atoms with Gasteiger partial charge in [0.05, 0.1) is 13.1 Å². The largest absolute Gasteiger partial charge is 0.439 e. The van der Waals surface area contributed by atoms with Gasteiger partial charge in [-0.3, -0.25) is 14.2 Å². The van der Waals surface area contributed by atoms with E-state index in [0.717, 1.165) is 0 Å². The summed E-state index contributed by atoms with van der Waals surface area (Å²) in [6, 6.07) is 7.21. The number of carbonyl (C=O) groups is 2. The van der Waals surface area contributed by atoms with Gasteiger partial charge >= 0.3 is 6.09 Å². The lowest BCUT2D eigenvalue weighted by atomic mass is 9.92. The van der Waals surface area contributed by atoms with Gasteiger partial charge < -0.3 is 14.5 Å². The Bertz CT molecular complexity index is 1030. The van der Waals surface area contributed by atoms with E-state index in [2.05, 4.69) is 0 Å². The number of likely N-dealkylation sites (tertiary alicyclic amines) is 1. The molecule has 4 rings (SSSR count). The van der Waals surface area contributed by atoms with Crippen molar-refractivity contribution >= 4 is 12.0 Å². The zero-order chi connectivity index (χ0) is 20.8. The standard InChI is InChI=1S/C21H22FN3O4/c1-14-8-11-25(16-6-4-15(22)5-7-16)19(27)17(14)18(26)24-10-3-9-21(13-24)12-23(2)20(28)29-21/h4-8,11H,3,9-10,12-13H2,1-2H3. The first-order valence-electron chi connectivity index (χ1n) is 9.51. The molecule has 2 fully saturated rings. The lowest BCUT2D eigenvalue weighted by Crippen LogP contribution is -2.53. The van der Waals surface area contributed by atoms with Gasteiger partial charge in [0.15, 0.2) is 0 Å². The number of ether oxygens (including phenoxy) is 1. The smallest absolute Gasteiger partial charge is 0.410 e. The SMILES string of the molecule is Cc1ccn(-c2ccc(F)cc2)c(=O)c1C(=O)N1CCCC2(CN(C)C(=O)O2)C1. The summed E-state index contributed by atoms with van der Waals surface area (Å²) in [6.45, 7) is 2.88. The molecule has 1 unspecified atom stereocenters. The van der Waals surface area contributed by atoms with Crippen LogP contribution in [0.25, 0.3) is 5.69 Å². The summed E-state index contributed by atoms with van der Waals surface area (Å²) < 4.78 is 20.1. The van der Waals surface area contributed by atoms with Gasteiger partial charge in [0.2, 0.25) is 0 Å². The van der Waals surface area contributed by atoms with Crippen LogP contribution in [0.2, 0.25) is 0 Å². The van der Waals surface area contributed by atoms with E-state index >= 15 is 0 Å². The molecule has 7 nitrogen and oxygen atoms in total. The van der Waals surface area contributed by atoms with Crippen molar-refractivity contribution in [3.8, 4) is 5.69 Å². The summed E-state index contributed by atoms with van der Waals surface area (Å²) in [5, 5.41) is 0. The molecule has 2 aliphatic heterocycles. The van der Waals surface area contributed by atoms with E-state index in [9.17, 15) is 18.8 Å². The summed E-state index contributed by atoms with van der Waals surface area (Å²) in [4.78, 5) is 41.3. The van der Waals surface area contributed by atoms with Gasteiger partial charge in [0, 0.05) is 25.5 Å². The normalized spacial score (nSPS) is 21.6. The van der Waals surface area contributed by atoms with E-state index in [1.165, 1.54) is 33.7 Å². The molecule has 0 radical (unpaired) electrons. The number of aryl methyl sites for hydroxylation is 1. The Morgan fingerprint density at radius 3 is 2.52 bits per heavy atom. The molecule has 1 spiro atoms. The Morgan fingerprint density at radius 1 is 1.14 bits per heavy atom. The Labute approximate surface area is 167 Å². The summed E-state index contributed by atoms with van der Waals surface area (Å²) in [6.07, 6.45) is 2.55. The Balaban J connectivity index is 1.67. The molecule has 29 heavy (non-hydrogen) atoms. The fourth-order valence-corrected chi connectivity index (χ4v) is 4.13. The highest BCUT2D eigenvalue weighted by Gasteiger charge is 2.47. The Kier molecular flexibility index (Phi) is 4.64. The van der Waals surface area contributed by atoms with Crippen molar-refractivity contribution in [2.24, 2.45) is 0 Å². The molecule has 2 saturated heterocycles. The van der Waals surface area contributed by atoms with Crippen molar-refractivity contribution < 1.29 is 18.7 Å². The number of likely N-dealkylation sites (N-methyl/N-ethyl adjacent to an activating group) is 1. The molecule has 0 aliphatic carbocycles. The van der Waals surface area contributed by atoms with E-state index < -0.39 is 23.1 Å². The molecule has 0 N–H and O–H groups in total. The second-order valence-electron chi connectivity index (χ2n) is 7.76. The van der Waals surface area contributed by atoms with Crippen molar-refractivity contribution in [1.29, 1.82) is 0 Å².